The second kappa shape index (κ2) is 5.16. The summed E-state index contributed by atoms with van der Waals surface area (Å²) in [5, 5.41) is 9.06. The van der Waals surface area contributed by atoms with Crippen LogP contribution in [0, 0.1) is 17.3 Å². The average Bonchev–Trinajstić information content (AvgIpc) is 2.56. The van der Waals surface area contributed by atoms with Crippen molar-refractivity contribution in [3.8, 4) is 0 Å². The number of likely N-dealkylation sites (tertiary alicyclic amines) is 1. The van der Waals surface area contributed by atoms with Gasteiger partial charge in [-0.15, -0.1) is 0 Å². The summed E-state index contributed by atoms with van der Waals surface area (Å²) in [6.07, 6.45) is 0. The van der Waals surface area contributed by atoms with Crippen molar-refractivity contribution in [2.24, 2.45) is 17.3 Å². The molecule has 0 radical (unpaired) electrons. The number of carbonyl (C=O) groups excluding carboxylic acids is 1. The van der Waals surface area contributed by atoms with Crippen molar-refractivity contribution in [3.05, 3.63) is 0 Å². The van der Waals surface area contributed by atoms with Gasteiger partial charge in [0, 0.05) is 26.7 Å². The third-order valence-electron chi connectivity index (χ3n) is 3.24. The molecule has 0 aromatic rings. The molecule has 1 heterocycles. The molecule has 0 bridgehead atoms. The average molecular weight is 256 g/mol. The van der Waals surface area contributed by atoms with Crippen LogP contribution in [0.2, 0.25) is 0 Å². The molecule has 0 saturated carbocycles. The van der Waals surface area contributed by atoms with Gasteiger partial charge in [-0.05, 0) is 11.3 Å². The Balaban J connectivity index is 2.62. The van der Waals surface area contributed by atoms with Gasteiger partial charge in [0.2, 0.25) is 0 Å². The molecule has 0 aromatic heterocycles. The third-order valence-corrected chi connectivity index (χ3v) is 3.24. The van der Waals surface area contributed by atoms with Crippen LogP contribution in [0.15, 0.2) is 0 Å². The summed E-state index contributed by atoms with van der Waals surface area (Å²) in [7, 11) is 1.77. The number of amides is 2. The van der Waals surface area contributed by atoms with Crippen LogP contribution >= 0.6 is 0 Å². The molecule has 0 unspecified atom stereocenters. The number of carboxylic acids is 1. The minimum atomic E-state index is -0.809. The van der Waals surface area contributed by atoms with Crippen molar-refractivity contribution in [3.63, 3.8) is 0 Å². The Kier molecular flexibility index (Phi) is 4.24. The summed E-state index contributed by atoms with van der Waals surface area (Å²) in [4.78, 5) is 26.5. The Hall–Kier alpha value is -1.26. The van der Waals surface area contributed by atoms with E-state index in [1.807, 2.05) is 6.92 Å². The molecule has 0 aromatic carbocycles. The molecule has 1 fully saturated rings. The van der Waals surface area contributed by atoms with Gasteiger partial charge in [0.15, 0.2) is 0 Å². The Morgan fingerprint density at radius 2 is 1.89 bits per heavy atom. The highest BCUT2D eigenvalue weighted by Gasteiger charge is 2.38. The van der Waals surface area contributed by atoms with Gasteiger partial charge in [-0.3, -0.25) is 4.79 Å². The lowest BCUT2D eigenvalue weighted by Gasteiger charge is -2.30. The molecule has 0 spiro atoms. The minimum Gasteiger partial charge on any atom is -0.481 e. The van der Waals surface area contributed by atoms with E-state index in [0.717, 1.165) is 0 Å². The van der Waals surface area contributed by atoms with E-state index in [1.54, 1.807) is 16.8 Å². The van der Waals surface area contributed by atoms with Crippen molar-refractivity contribution >= 4 is 12.0 Å². The molecular formula is C13H24N2O3. The molecule has 1 rings (SSSR count). The second-order valence-electron chi connectivity index (χ2n) is 6.53. The predicted octanol–water partition coefficient (Wildman–Crippen LogP) is 1.74. The monoisotopic (exact) mass is 256 g/mol. The van der Waals surface area contributed by atoms with E-state index < -0.39 is 11.9 Å². The fourth-order valence-corrected chi connectivity index (χ4v) is 2.47. The van der Waals surface area contributed by atoms with Gasteiger partial charge < -0.3 is 14.9 Å². The topological polar surface area (TPSA) is 60.9 Å². The molecule has 1 aliphatic rings. The van der Waals surface area contributed by atoms with E-state index in [2.05, 4.69) is 20.8 Å². The fourth-order valence-electron chi connectivity index (χ4n) is 2.47. The van der Waals surface area contributed by atoms with Gasteiger partial charge >= 0.3 is 12.0 Å². The number of nitrogens with zero attached hydrogens (tertiary/aromatic N) is 2. The molecule has 5 nitrogen and oxygen atoms in total. The largest absolute Gasteiger partial charge is 0.481 e. The molecule has 0 aliphatic carbocycles. The first-order chi connectivity index (χ1) is 8.11. The van der Waals surface area contributed by atoms with Crippen LogP contribution in [-0.2, 0) is 4.79 Å². The van der Waals surface area contributed by atoms with Crippen LogP contribution in [0.4, 0.5) is 4.79 Å². The van der Waals surface area contributed by atoms with Gasteiger partial charge in [-0.1, -0.05) is 27.7 Å². The van der Waals surface area contributed by atoms with Crippen LogP contribution < -0.4 is 0 Å². The summed E-state index contributed by atoms with van der Waals surface area (Å²) in [6.45, 7) is 9.62. The molecule has 5 heteroatoms. The summed E-state index contributed by atoms with van der Waals surface area (Å²) >= 11 is 0. The summed E-state index contributed by atoms with van der Waals surface area (Å²) in [5.41, 5.74) is 0.0436. The maximum atomic E-state index is 12.2. The Labute approximate surface area is 109 Å². The normalized spacial score (nSPS) is 24.2. The summed E-state index contributed by atoms with van der Waals surface area (Å²) in [6, 6.07) is -0.0690. The van der Waals surface area contributed by atoms with E-state index in [4.69, 9.17) is 5.11 Å². The molecule has 1 aliphatic heterocycles. The molecule has 104 valence electrons. The van der Waals surface area contributed by atoms with E-state index in [9.17, 15) is 9.59 Å². The van der Waals surface area contributed by atoms with Gasteiger partial charge in [0.1, 0.15) is 0 Å². The lowest BCUT2D eigenvalue weighted by Crippen LogP contribution is -2.43. The number of aliphatic carboxylic acids is 1. The first-order valence-electron chi connectivity index (χ1n) is 6.34. The first kappa shape index (κ1) is 14.8. The highest BCUT2D eigenvalue weighted by Crippen LogP contribution is 2.24. The van der Waals surface area contributed by atoms with Crippen molar-refractivity contribution in [2.75, 3.05) is 26.7 Å². The molecule has 1 saturated heterocycles. The van der Waals surface area contributed by atoms with Crippen LogP contribution in [0.1, 0.15) is 27.7 Å². The van der Waals surface area contributed by atoms with Crippen LogP contribution in [0.3, 0.4) is 0 Å². The maximum Gasteiger partial charge on any atom is 0.319 e. The van der Waals surface area contributed by atoms with Crippen LogP contribution in [0.5, 0.6) is 0 Å². The summed E-state index contributed by atoms with van der Waals surface area (Å²) < 4.78 is 0. The zero-order chi connectivity index (χ0) is 14.1. The zero-order valence-electron chi connectivity index (χ0n) is 11.9. The van der Waals surface area contributed by atoms with Crippen molar-refractivity contribution in [2.45, 2.75) is 27.7 Å². The lowest BCUT2D eigenvalue weighted by atomic mass is 9.96. The molecule has 2 amide bonds. The van der Waals surface area contributed by atoms with Gasteiger partial charge in [-0.25, -0.2) is 4.79 Å². The van der Waals surface area contributed by atoms with Gasteiger partial charge in [0.05, 0.1) is 5.92 Å². The van der Waals surface area contributed by atoms with Crippen molar-refractivity contribution in [1.29, 1.82) is 0 Å². The van der Waals surface area contributed by atoms with E-state index in [1.165, 1.54) is 0 Å². The highest BCUT2D eigenvalue weighted by molar-refractivity contribution is 5.77. The van der Waals surface area contributed by atoms with Gasteiger partial charge in [0.25, 0.3) is 0 Å². The Morgan fingerprint density at radius 1 is 1.33 bits per heavy atom. The quantitative estimate of drug-likeness (QED) is 0.818. The van der Waals surface area contributed by atoms with Crippen molar-refractivity contribution in [1.82, 2.24) is 9.80 Å². The smallest absolute Gasteiger partial charge is 0.319 e. The molecular weight excluding hydrogens is 232 g/mol. The Bertz CT molecular complexity index is 336. The number of hydrogen-bond acceptors (Lipinski definition) is 2. The number of urea groups is 1. The van der Waals surface area contributed by atoms with Crippen molar-refractivity contribution < 1.29 is 14.7 Å². The Morgan fingerprint density at radius 3 is 2.28 bits per heavy atom. The SMILES string of the molecule is C[C@@H]1CN(C(=O)N(C)CC(C)(C)C)C[C@H]1C(=O)O. The van der Waals surface area contributed by atoms with Crippen LogP contribution in [-0.4, -0.2) is 53.6 Å². The fraction of sp³-hybridized carbons (Fsp3) is 0.846. The lowest BCUT2D eigenvalue weighted by molar-refractivity contribution is -0.142. The highest BCUT2D eigenvalue weighted by atomic mass is 16.4. The molecule has 2 atom stereocenters. The predicted molar refractivity (Wildman–Crippen MR) is 69.3 cm³/mol. The van der Waals surface area contributed by atoms with E-state index in [0.29, 0.717) is 19.6 Å². The minimum absolute atomic E-state index is 0.0227. The maximum absolute atomic E-state index is 12.2. The molecule has 1 N–H and O–H groups in total. The van der Waals surface area contributed by atoms with E-state index in [-0.39, 0.29) is 17.4 Å². The third kappa shape index (κ3) is 3.62. The zero-order valence-corrected chi connectivity index (χ0v) is 11.9. The van der Waals surface area contributed by atoms with Crippen LogP contribution in [0.25, 0.3) is 0 Å². The second-order valence-corrected chi connectivity index (χ2v) is 6.53. The number of hydrogen-bond donors (Lipinski definition) is 1. The number of carbonyl (C=O) groups is 2. The number of rotatable bonds is 2. The molecule has 18 heavy (non-hydrogen) atoms. The number of carboxylic acid groups (broad SMARTS) is 1. The standard InChI is InChI=1S/C13H24N2O3/c1-9-6-15(7-10(9)11(16)17)12(18)14(5)8-13(2,3)4/h9-10H,6-8H2,1-5H3,(H,16,17)/t9-,10-/m1/s1. The first-order valence-corrected chi connectivity index (χ1v) is 6.34. The summed E-state index contributed by atoms with van der Waals surface area (Å²) in [5.74, 6) is -1.22. The van der Waals surface area contributed by atoms with E-state index >= 15 is 0 Å². The van der Waals surface area contributed by atoms with Gasteiger partial charge in [-0.2, -0.15) is 0 Å².